The van der Waals surface area contributed by atoms with Gasteiger partial charge in [-0.15, -0.1) is 12.4 Å². The minimum Gasteiger partial charge on any atom is -0.492 e. The highest BCUT2D eigenvalue weighted by atomic mass is 35.5. The van der Waals surface area contributed by atoms with Gasteiger partial charge in [0.2, 0.25) is 0 Å². The second kappa shape index (κ2) is 10.0. The zero-order valence-electron chi connectivity index (χ0n) is 15.9. The maximum atomic E-state index is 13.2. The first-order valence-electron chi connectivity index (χ1n) is 9.39. The number of ether oxygens (including phenoxy) is 1. The molecule has 29 heavy (non-hydrogen) atoms. The molecule has 0 saturated carbocycles. The number of hydrogen-bond acceptors (Lipinski definition) is 3. The normalized spacial score (nSPS) is 10.7. The predicted molar refractivity (Wildman–Crippen MR) is 117 cm³/mol. The average Bonchev–Trinajstić information content (AvgIpc) is 3.19. The van der Waals surface area contributed by atoms with E-state index in [9.17, 15) is 4.39 Å². The Bertz CT molecular complexity index is 1070. The highest BCUT2D eigenvalue weighted by Gasteiger charge is 2.03. The molecule has 0 radical (unpaired) electrons. The van der Waals surface area contributed by atoms with Crippen LogP contribution in [0.25, 0.3) is 22.2 Å². The molecule has 0 bridgehead atoms. The van der Waals surface area contributed by atoms with Crippen LogP contribution in [-0.4, -0.2) is 29.7 Å². The summed E-state index contributed by atoms with van der Waals surface area (Å²) in [5, 5.41) is 3.33. The van der Waals surface area contributed by atoms with Crippen LogP contribution in [-0.2, 0) is 6.42 Å². The number of benzene rings is 3. The Morgan fingerprint density at radius 3 is 2.69 bits per heavy atom. The van der Waals surface area contributed by atoms with Gasteiger partial charge < -0.3 is 15.0 Å². The molecule has 2 N–H and O–H groups in total. The van der Waals surface area contributed by atoms with Crippen molar-refractivity contribution in [1.29, 1.82) is 0 Å². The first-order chi connectivity index (χ1) is 13.8. The van der Waals surface area contributed by atoms with Gasteiger partial charge in [0.25, 0.3) is 0 Å². The Balaban J connectivity index is 0.00000240. The van der Waals surface area contributed by atoms with Gasteiger partial charge in [-0.2, -0.15) is 0 Å². The van der Waals surface area contributed by atoms with Crippen LogP contribution < -0.4 is 10.1 Å². The summed E-state index contributed by atoms with van der Waals surface area (Å²) in [6, 6.07) is 21.0. The third-order valence-corrected chi connectivity index (χ3v) is 4.62. The predicted octanol–water partition coefficient (Wildman–Crippen LogP) is 5.00. The van der Waals surface area contributed by atoms with Gasteiger partial charge in [-0.3, -0.25) is 0 Å². The van der Waals surface area contributed by atoms with Crippen LogP contribution in [0.5, 0.6) is 5.75 Å². The van der Waals surface area contributed by atoms with Gasteiger partial charge in [-0.05, 0) is 66.1 Å². The quantitative estimate of drug-likeness (QED) is 0.401. The molecular formula is C23H23ClFN3O. The lowest BCUT2D eigenvalue weighted by Gasteiger charge is -2.09. The standard InChI is InChI=1S/C23H22FN3O.ClH/c24-20-5-1-3-17(13-20)9-10-25-11-12-28-21-6-2-4-18(14-21)19-7-8-22-23(15-19)27-16-26-22;/h1-8,13-16,25H,9-12H2,(H,26,27);1H. The fourth-order valence-corrected chi connectivity index (χ4v) is 3.17. The highest BCUT2D eigenvalue weighted by molar-refractivity contribution is 5.85. The molecule has 0 fully saturated rings. The van der Waals surface area contributed by atoms with Crippen molar-refractivity contribution in [2.45, 2.75) is 6.42 Å². The van der Waals surface area contributed by atoms with Gasteiger partial charge in [0.1, 0.15) is 18.2 Å². The zero-order valence-corrected chi connectivity index (χ0v) is 16.7. The van der Waals surface area contributed by atoms with E-state index < -0.39 is 0 Å². The first-order valence-corrected chi connectivity index (χ1v) is 9.39. The average molecular weight is 412 g/mol. The lowest BCUT2D eigenvalue weighted by molar-refractivity contribution is 0.314. The van der Waals surface area contributed by atoms with Gasteiger partial charge in [0.15, 0.2) is 0 Å². The van der Waals surface area contributed by atoms with Gasteiger partial charge in [-0.1, -0.05) is 30.3 Å². The third-order valence-electron chi connectivity index (χ3n) is 4.62. The summed E-state index contributed by atoms with van der Waals surface area (Å²) in [5.74, 6) is 0.652. The zero-order chi connectivity index (χ0) is 19.2. The van der Waals surface area contributed by atoms with Crippen molar-refractivity contribution in [3.63, 3.8) is 0 Å². The van der Waals surface area contributed by atoms with Crippen LogP contribution in [0.1, 0.15) is 5.56 Å². The SMILES string of the molecule is Cl.Fc1cccc(CCNCCOc2cccc(-c3ccc4[nH]cnc4c3)c2)c1. The number of aromatic amines is 1. The summed E-state index contributed by atoms with van der Waals surface area (Å²) >= 11 is 0. The Hall–Kier alpha value is -2.89. The number of fused-ring (bicyclic) bond motifs is 1. The molecule has 150 valence electrons. The molecule has 4 rings (SSSR count). The first kappa shape index (κ1) is 20.8. The van der Waals surface area contributed by atoms with Crippen molar-refractivity contribution in [1.82, 2.24) is 15.3 Å². The van der Waals surface area contributed by atoms with Crippen LogP contribution in [0.3, 0.4) is 0 Å². The lowest BCUT2D eigenvalue weighted by atomic mass is 10.0. The van der Waals surface area contributed by atoms with Crippen molar-refractivity contribution in [3.05, 3.63) is 84.4 Å². The van der Waals surface area contributed by atoms with Crippen molar-refractivity contribution in [3.8, 4) is 16.9 Å². The van der Waals surface area contributed by atoms with Crippen molar-refractivity contribution >= 4 is 23.4 Å². The number of halogens is 2. The van der Waals surface area contributed by atoms with E-state index in [4.69, 9.17) is 4.74 Å². The lowest BCUT2D eigenvalue weighted by Crippen LogP contribution is -2.23. The van der Waals surface area contributed by atoms with E-state index in [1.54, 1.807) is 18.5 Å². The number of nitrogens with one attached hydrogen (secondary N) is 2. The Kier molecular flexibility index (Phi) is 7.22. The smallest absolute Gasteiger partial charge is 0.123 e. The third kappa shape index (κ3) is 5.56. The van der Waals surface area contributed by atoms with Crippen molar-refractivity contribution in [2.75, 3.05) is 19.7 Å². The van der Waals surface area contributed by atoms with E-state index >= 15 is 0 Å². The fraction of sp³-hybridized carbons (Fsp3) is 0.174. The highest BCUT2D eigenvalue weighted by Crippen LogP contribution is 2.26. The molecule has 4 aromatic rings. The van der Waals surface area contributed by atoms with Crippen LogP contribution in [0, 0.1) is 5.82 Å². The second-order valence-electron chi connectivity index (χ2n) is 6.64. The van der Waals surface area contributed by atoms with E-state index in [0.29, 0.717) is 6.61 Å². The van der Waals surface area contributed by atoms with Crippen LogP contribution in [0.4, 0.5) is 4.39 Å². The maximum absolute atomic E-state index is 13.2. The van der Waals surface area contributed by atoms with Gasteiger partial charge in [0, 0.05) is 6.54 Å². The summed E-state index contributed by atoms with van der Waals surface area (Å²) in [6.07, 6.45) is 2.50. The molecule has 1 aromatic heterocycles. The minimum atomic E-state index is -0.188. The van der Waals surface area contributed by atoms with Gasteiger partial charge in [-0.25, -0.2) is 9.37 Å². The van der Waals surface area contributed by atoms with E-state index in [-0.39, 0.29) is 18.2 Å². The molecule has 3 aromatic carbocycles. The van der Waals surface area contributed by atoms with Crippen LogP contribution in [0.15, 0.2) is 73.1 Å². The Labute approximate surface area is 175 Å². The monoisotopic (exact) mass is 411 g/mol. The Morgan fingerprint density at radius 2 is 1.79 bits per heavy atom. The summed E-state index contributed by atoms with van der Waals surface area (Å²) in [7, 11) is 0. The molecule has 0 unspecified atom stereocenters. The molecule has 6 heteroatoms. The minimum absolute atomic E-state index is 0. The van der Waals surface area contributed by atoms with Gasteiger partial charge in [0.05, 0.1) is 17.4 Å². The maximum Gasteiger partial charge on any atom is 0.123 e. The molecule has 0 aliphatic rings. The molecule has 0 aliphatic carbocycles. The molecule has 0 amide bonds. The van der Waals surface area contributed by atoms with Crippen LogP contribution >= 0.6 is 12.4 Å². The number of rotatable bonds is 8. The molecule has 0 spiro atoms. The van der Waals surface area contributed by atoms with Crippen molar-refractivity contribution in [2.24, 2.45) is 0 Å². The topological polar surface area (TPSA) is 49.9 Å². The number of nitrogens with zero attached hydrogens (tertiary/aromatic N) is 1. The number of aromatic nitrogens is 2. The summed E-state index contributed by atoms with van der Waals surface area (Å²) in [4.78, 5) is 7.42. The summed E-state index contributed by atoms with van der Waals surface area (Å²) in [5.41, 5.74) is 5.18. The second-order valence-corrected chi connectivity index (χ2v) is 6.64. The molecule has 0 atom stereocenters. The molecule has 0 saturated heterocycles. The van der Waals surface area contributed by atoms with Crippen LogP contribution in [0.2, 0.25) is 0 Å². The van der Waals surface area contributed by atoms with E-state index in [0.717, 1.165) is 53.0 Å². The summed E-state index contributed by atoms with van der Waals surface area (Å²) < 4.78 is 19.0. The Morgan fingerprint density at radius 1 is 0.931 bits per heavy atom. The van der Waals surface area contributed by atoms with E-state index in [2.05, 4.69) is 33.5 Å². The number of hydrogen-bond donors (Lipinski definition) is 2. The molecular weight excluding hydrogens is 389 g/mol. The summed E-state index contributed by atoms with van der Waals surface area (Å²) in [6.45, 7) is 2.10. The fourth-order valence-electron chi connectivity index (χ4n) is 3.17. The molecule has 4 nitrogen and oxygen atoms in total. The largest absolute Gasteiger partial charge is 0.492 e. The molecule has 0 aliphatic heterocycles. The van der Waals surface area contributed by atoms with E-state index in [1.165, 1.54) is 6.07 Å². The number of imidazole rings is 1. The van der Waals surface area contributed by atoms with Crippen molar-refractivity contribution < 1.29 is 9.13 Å². The van der Waals surface area contributed by atoms with E-state index in [1.807, 2.05) is 30.3 Å². The van der Waals surface area contributed by atoms with Gasteiger partial charge >= 0.3 is 0 Å². The molecule has 1 heterocycles. The number of H-pyrrole nitrogens is 1.